The summed E-state index contributed by atoms with van der Waals surface area (Å²) in [7, 11) is 0. The van der Waals surface area contributed by atoms with E-state index >= 15 is 0 Å². The number of nitrogens with zero attached hydrogens (tertiary/aromatic N) is 2. The summed E-state index contributed by atoms with van der Waals surface area (Å²) in [5.74, 6) is 0.216. The summed E-state index contributed by atoms with van der Waals surface area (Å²) < 4.78 is 5.78. The van der Waals surface area contributed by atoms with Crippen molar-refractivity contribution in [1.82, 2.24) is 4.90 Å². The van der Waals surface area contributed by atoms with Crippen LogP contribution in [0, 0.1) is 0 Å². The van der Waals surface area contributed by atoms with Gasteiger partial charge in [0.1, 0.15) is 5.60 Å². The van der Waals surface area contributed by atoms with Crippen molar-refractivity contribution in [2.24, 2.45) is 10.9 Å². The monoisotopic (exact) mass is 257 g/mol. The SMILES string of the molecule is CCOC1(C(N)=NO)CCN(C(CC)CC)CC1. The standard InChI is InChI=1S/C13H27N3O2/c1-4-11(5-2)16-9-7-13(8-10-16,18-6-3)12(14)15-17/h11,17H,4-10H2,1-3H3,(H2,14,15). The van der Waals surface area contributed by atoms with Crippen LogP contribution in [0.5, 0.6) is 0 Å². The van der Waals surface area contributed by atoms with Gasteiger partial charge in [-0.3, -0.25) is 0 Å². The Kier molecular flexibility index (Phi) is 5.88. The second-order valence-electron chi connectivity index (χ2n) is 4.92. The Labute approximate surface area is 110 Å². The lowest BCUT2D eigenvalue weighted by Gasteiger charge is -2.43. The van der Waals surface area contributed by atoms with Crippen LogP contribution >= 0.6 is 0 Å². The zero-order chi connectivity index (χ0) is 13.6. The third-order valence-electron chi connectivity index (χ3n) is 4.06. The Morgan fingerprint density at radius 2 is 1.89 bits per heavy atom. The van der Waals surface area contributed by atoms with Crippen molar-refractivity contribution in [3.05, 3.63) is 0 Å². The molecule has 0 bridgehead atoms. The van der Waals surface area contributed by atoms with Gasteiger partial charge in [-0.15, -0.1) is 0 Å². The Balaban J connectivity index is 2.68. The molecule has 0 saturated carbocycles. The number of hydrogen-bond acceptors (Lipinski definition) is 4. The number of likely N-dealkylation sites (tertiary alicyclic amines) is 1. The predicted octanol–water partition coefficient (Wildman–Crippen LogP) is 1.79. The van der Waals surface area contributed by atoms with E-state index < -0.39 is 5.60 Å². The molecule has 0 aliphatic carbocycles. The van der Waals surface area contributed by atoms with Crippen molar-refractivity contribution in [2.45, 2.75) is 58.1 Å². The summed E-state index contributed by atoms with van der Waals surface area (Å²) in [4.78, 5) is 2.49. The van der Waals surface area contributed by atoms with Crippen molar-refractivity contribution < 1.29 is 9.94 Å². The van der Waals surface area contributed by atoms with Gasteiger partial charge in [-0.2, -0.15) is 0 Å². The average molecular weight is 257 g/mol. The molecule has 0 aromatic heterocycles. The van der Waals surface area contributed by atoms with Crippen LogP contribution in [0.3, 0.4) is 0 Å². The molecule has 1 fully saturated rings. The Morgan fingerprint density at radius 3 is 2.28 bits per heavy atom. The third-order valence-corrected chi connectivity index (χ3v) is 4.06. The fraction of sp³-hybridized carbons (Fsp3) is 0.923. The highest BCUT2D eigenvalue weighted by atomic mass is 16.5. The van der Waals surface area contributed by atoms with Crippen LogP contribution in [-0.2, 0) is 4.74 Å². The van der Waals surface area contributed by atoms with Crippen LogP contribution in [0.2, 0.25) is 0 Å². The summed E-state index contributed by atoms with van der Waals surface area (Å²) in [6.45, 7) is 8.87. The van der Waals surface area contributed by atoms with E-state index in [4.69, 9.17) is 15.7 Å². The minimum Gasteiger partial charge on any atom is -0.409 e. The van der Waals surface area contributed by atoms with Crippen molar-refractivity contribution in [1.29, 1.82) is 0 Å². The van der Waals surface area contributed by atoms with E-state index in [1.54, 1.807) is 0 Å². The first kappa shape index (κ1) is 15.2. The number of amidine groups is 1. The van der Waals surface area contributed by atoms with Gasteiger partial charge in [0.25, 0.3) is 0 Å². The fourth-order valence-electron chi connectivity index (χ4n) is 2.90. The van der Waals surface area contributed by atoms with E-state index in [-0.39, 0.29) is 5.84 Å². The molecule has 3 N–H and O–H groups in total. The highest BCUT2D eigenvalue weighted by molar-refractivity contribution is 5.88. The van der Waals surface area contributed by atoms with E-state index in [9.17, 15) is 0 Å². The normalized spacial score (nSPS) is 21.4. The molecule has 1 heterocycles. The summed E-state index contributed by atoms with van der Waals surface area (Å²) in [6, 6.07) is 0.636. The largest absolute Gasteiger partial charge is 0.409 e. The second-order valence-corrected chi connectivity index (χ2v) is 4.92. The zero-order valence-electron chi connectivity index (χ0n) is 11.9. The van der Waals surface area contributed by atoms with Gasteiger partial charge in [0.2, 0.25) is 0 Å². The van der Waals surface area contributed by atoms with Gasteiger partial charge in [-0.05, 0) is 32.6 Å². The van der Waals surface area contributed by atoms with E-state index in [0.717, 1.165) is 25.9 Å². The molecule has 0 amide bonds. The van der Waals surface area contributed by atoms with E-state index in [1.165, 1.54) is 12.8 Å². The van der Waals surface area contributed by atoms with Crippen LogP contribution in [0.1, 0.15) is 46.5 Å². The number of nitrogens with two attached hydrogens (primary N) is 1. The number of ether oxygens (including phenoxy) is 1. The Bertz CT molecular complexity index is 269. The van der Waals surface area contributed by atoms with Crippen LogP contribution in [0.4, 0.5) is 0 Å². The van der Waals surface area contributed by atoms with Crippen LogP contribution < -0.4 is 5.73 Å². The molecule has 0 unspecified atom stereocenters. The molecular formula is C13H27N3O2. The molecule has 0 aromatic carbocycles. The zero-order valence-corrected chi connectivity index (χ0v) is 11.9. The smallest absolute Gasteiger partial charge is 0.171 e. The molecule has 1 rings (SSSR count). The lowest BCUT2D eigenvalue weighted by atomic mass is 9.88. The molecular weight excluding hydrogens is 230 g/mol. The first-order valence-electron chi connectivity index (χ1n) is 6.99. The maximum atomic E-state index is 8.92. The molecule has 0 aromatic rings. The van der Waals surface area contributed by atoms with E-state index in [0.29, 0.717) is 12.6 Å². The minimum absolute atomic E-state index is 0.216. The summed E-state index contributed by atoms with van der Waals surface area (Å²) in [5, 5.41) is 12.1. The van der Waals surface area contributed by atoms with Crippen LogP contribution in [-0.4, -0.2) is 47.3 Å². The van der Waals surface area contributed by atoms with Gasteiger partial charge >= 0.3 is 0 Å². The first-order chi connectivity index (χ1) is 8.63. The van der Waals surface area contributed by atoms with Crippen molar-refractivity contribution >= 4 is 5.84 Å². The van der Waals surface area contributed by atoms with Crippen molar-refractivity contribution in [3.63, 3.8) is 0 Å². The molecule has 1 saturated heterocycles. The summed E-state index contributed by atoms with van der Waals surface area (Å²) in [5.41, 5.74) is 5.25. The van der Waals surface area contributed by atoms with E-state index in [1.807, 2.05) is 6.92 Å². The molecule has 5 heteroatoms. The van der Waals surface area contributed by atoms with E-state index in [2.05, 4.69) is 23.9 Å². The van der Waals surface area contributed by atoms with Crippen molar-refractivity contribution in [2.75, 3.05) is 19.7 Å². The van der Waals surface area contributed by atoms with Gasteiger partial charge in [0.15, 0.2) is 5.84 Å². The topological polar surface area (TPSA) is 71.1 Å². The molecule has 0 radical (unpaired) electrons. The molecule has 1 aliphatic heterocycles. The van der Waals surface area contributed by atoms with Gasteiger partial charge in [-0.1, -0.05) is 19.0 Å². The molecule has 1 aliphatic rings. The predicted molar refractivity (Wildman–Crippen MR) is 72.9 cm³/mol. The summed E-state index contributed by atoms with van der Waals surface area (Å²) in [6.07, 6.45) is 3.93. The van der Waals surface area contributed by atoms with Crippen LogP contribution in [0.25, 0.3) is 0 Å². The van der Waals surface area contributed by atoms with Gasteiger partial charge in [-0.25, -0.2) is 0 Å². The Morgan fingerprint density at radius 1 is 1.33 bits per heavy atom. The van der Waals surface area contributed by atoms with Gasteiger partial charge in [0, 0.05) is 25.7 Å². The number of piperidine rings is 1. The molecule has 106 valence electrons. The van der Waals surface area contributed by atoms with Gasteiger partial charge < -0.3 is 20.6 Å². The minimum atomic E-state index is -0.563. The molecule has 0 atom stereocenters. The third kappa shape index (κ3) is 3.14. The molecule has 5 nitrogen and oxygen atoms in total. The lowest BCUT2D eigenvalue weighted by Crippen LogP contribution is -2.55. The highest BCUT2D eigenvalue weighted by Gasteiger charge is 2.40. The highest BCUT2D eigenvalue weighted by Crippen LogP contribution is 2.28. The number of hydrogen-bond donors (Lipinski definition) is 2. The van der Waals surface area contributed by atoms with Gasteiger partial charge in [0.05, 0.1) is 0 Å². The number of rotatable bonds is 6. The van der Waals surface area contributed by atoms with Crippen LogP contribution in [0.15, 0.2) is 5.16 Å². The lowest BCUT2D eigenvalue weighted by molar-refractivity contribution is -0.0400. The maximum Gasteiger partial charge on any atom is 0.171 e. The molecule has 0 spiro atoms. The summed E-state index contributed by atoms with van der Waals surface area (Å²) >= 11 is 0. The number of oxime groups is 1. The molecule has 18 heavy (non-hydrogen) atoms. The first-order valence-corrected chi connectivity index (χ1v) is 6.99. The quantitative estimate of drug-likeness (QED) is 0.329. The Hall–Kier alpha value is -0.810. The fourth-order valence-corrected chi connectivity index (χ4v) is 2.90. The van der Waals surface area contributed by atoms with Crippen molar-refractivity contribution in [3.8, 4) is 0 Å². The maximum absolute atomic E-state index is 8.92. The average Bonchev–Trinajstić information content (AvgIpc) is 2.41. The second kappa shape index (κ2) is 6.95.